The van der Waals surface area contributed by atoms with Crippen molar-refractivity contribution in [2.45, 2.75) is 6.54 Å². The van der Waals surface area contributed by atoms with Crippen LogP contribution in [-0.2, 0) is 6.54 Å². The lowest BCUT2D eigenvalue weighted by atomic mass is 10.1. The molecule has 0 aliphatic rings. The molecule has 0 spiro atoms. The minimum atomic E-state index is -0.139. The van der Waals surface area contributed by atoms with Crippen molar-refractivity contribution in [1.29, 1.82) is 0 Å². The summed E-state index contributed by atoms with van der Waals surface area (Å²) in [5.41, 5.74) is 5.64. The lowest BCUT2D eigenvalue weighted by Gasteiger charge is -2.12. The molecule has 0 radical (unpaired) electrons. The van der Waals surface area contributed by atoms with Gasteiger partial charge in [-0.15, -0.1) is 0 Å². The molecule has 0 aliphatic carbocycles. The highest BCUT2D eigenvalue weighted by molar-refractivity contribution is 6.30. The normalized spacial score (nSPS) is 10.9. The Morgan fingerprint density at radius 2 is 1.59 bits per heavy atom. The third-order valence-corrected chi connectivity index (χ3v) is 5.67. The molecule has 5 heteroatoms. The van der Waals surface area contributed by atoms with Gasteiger partial charge in [-0.1, -0.05) is 60.1 Å². The first-order valence-corrected chi connectivity index (χ1v) is 10.7. The first kappa shape index (κ1) is 20.0. The number of para-hydroxylation sites is 1. The van der Waals surface area contributed by atoms with Crippen LogP contribution in [-0.4, -0.2) is 15.5 Å². The fraction of sp³-hybridized carbons (Fsp3) is 0.0370. The molecule has 4 nitrogen and oxygen atoms in total. The summed E-state index contributed by atoms with van der Waals surface area (Å²) in [6.07, 6.45) is 3.56. The van der Waals surface area contributed by atoms with Crippen molar-refractivity contribution in [1.82, 2.24) is 14.9 Å². The number of rotatable bonds is 5. The average molecular weight is 438 g/mol. The summed E-state index contributed by atoms with van der Waals surface area (Å²) in [5.74, 6) is -0.139. The van der Waals surface area contributed by atoms with Crippen LogP contribution in [0.1, 0.15) is 16.1 Å². The quantitative estimate of drug-likeness (QED) is 0.352. The van der Waals surface area contributed by atoms with Crippen molar-refractivity contribution in [3.63, 3.8) is 0 Å². The van der Waals surface area contributed by atoms with Crippen LogP contribution in [0.4, 0.5) is 0 Å². The van der Waals surface area contributed by atoms with Gasteiger partial charge in [0.15, 0.2) is 0 Å². The van der Waals surface area contributed by atoms with Gasteiger partial charge >= 0.3 is 0 Å². The van der Waals surface area contributed by atoms with E-state index in [-0.39, 0.29) is 5.91 Å². The zero-order valence-corrected chi connectivity index (χ0v) is 18.0. The number of nitrogens with zero attached hydrogens (tertiary/aromatic N) is 2. The molecule has 0 bridgehead atoms. The van der Waals surface area contributed by atoms with Crippen molar-refractivity contribution < 1.29 is 4.79 Å². The number of carbonyl (C=O) groups is 1. The molecule has 1 N–H and O–H groups in total. The monoisotopic (exact) mass is 437 g/mol. The highest BCUT2D eigenvalue weighted by atomic mass is 35.5. The molecule has 32 heavy (non-hydrogen) atoms. The van der Waals surface area contributed by atoms with E-state index in [2.05, 4.69) is 22.4 Å². The second kappa shape index (κ2) is 8.69. The Balaban J connectivity index is 1.40. The van der Waals surface area contributed by atoms with Gasteiger partial charge in [0.1, 0.15) is 5.69 Å². The van der Waals surface area contributed by atoms with E-state index in [1.807, 2.05) is 83.4 Å². The number of pyridine rings is 1. The Labute approximate surface area is 191 Å². The standard InChI is InChI=1S/C27H20ClN3O/c28-23-5-3-6-24(17-23)31-25-7-2-1-4-22(25)16-26(31)27(32)30-18-19-8-10-20(11-9-19)21-12-14-29-15-13-21/h1-17H,18H2,(H,30,32). The second-order valence-electron chi connectivity index (χ2n) is 7.52. The van der Waals surface area contributed by atoms with Gasteiger partial charge in [-0.3, -0.25) is 9.78 Å². The van der Waals surface area contributed by atoms with E-state index in [0.717, 1.165) is 33.3 Å². The zero-order valence-electron chi connectivity index (χ0n) is 17.2. The van der Waals surface area contributed by atoms with E-state index < -0.39 is 0 Å². The lowest BCUT2D eigenvalue weighted by molar-refractivity contribution is 0.0944. The molecule has 156 valence electrons. The van der Waals surface area contributed by atoms with Gasteiger partial charge in [-0.25, -0.2) is 0 Å². The van der Waals surface area contributed by atoms with Crippen molar-refractivity contribution in [2.75, 3.05) is 0 Å². The Bertz CT molecular complexity index is 1390. The number of hydrogen-bond donors (Lipinski definition) is 1. The number of halogens is 1. The Morgan fingerprint density at radius 3 is 2.38 bits per heavy atom. The smallest absolute Gasteiger partial charge is 0.268 e. The van der Waals surface area contributed by atoms with Gasteiger partial charge in [-0.2, -0.15) is 0 Å². The third kappa shape index (κ3) is 4.01. The molecule has 0 unspecified atom stereocenters. The van der Waals surface area contributed by atoms with E-state index in [0.29, 0.717) is 17.3 Å². The summed E-state index contributed by atoms with van der Waals surface area (Å²) in [7, 11) is 0. The number of nitrogens with one attached hydrogen (secondary N) is 1. The van der Waals surface area contributed by atoms with Crippen LogP contribution in [0.25, 0.3) is 27.7 Å². The molecule has 3 aromatic carbocycles. The molecule has 2 aromatic heterocycles. The van der Waals surface area contributed by atoms with Gasteiger partial charge in [0.05, 0.1) is 5.52 Å². The van der Waals surface area contributed by atoms with Gasteiger partial charge in [0.25, 0.3) is 5.91 Å². The lowest BCUT2D eigenvalue weighted by Crippen LogP contribution is -2.25. The molecule has 0 saturated heterocycles. The Hall–Kier alpha value is -3.89. The third-order valence-electron chi connectivity index (χ3n) is 5.43. The van der Waals surface area contributed by atoms with Gasteiger partial charge in [0, 0.05) is 35.0 Å². The molecule has 0 atom stereocenters. The summed E-state index contributed by atoms with van der Waals surface area (Å²) in [5, 5.41) is 4.68. The second-order valence-corrected chi connectivity index (χ2v) is 7.96. The van der Waals surface area contributed by atoms with Crippen LogP contribution in [0, 0.1) is 0 Å². The number of hydrogen-bond acceptors (Lipinski definition) is 2. The van der Waals surface area contributed by atoms with Gasteiger partial charge in [-0.05, 0) is 59.2 Å². The summed E-state index contributed by atoms with van der Waals surface area (Å²) in [4.78, 5) is 17.2. The number of amides is 1. The highest BCUT2D eigenvalue weighted by Gasteiger charge is 2.17. The fourth-order valence-electron chi connectivity index (χ4n) is 3.85. The van der Waals surface area contributed by atoms with E-state index in [1.165, 1.54) is 0 Å². The Morgan fingerprint density at radius 1 is 0.844 bits per heavy atom. The van der Waals surface area contributed by atoms with E-state index in [9.17, 15) is 4.79 Å². The van der Waals surface area contributed by atoms with Crippen LogP contribution < -0.4 is 5.32 Å². The maximum absolute atomic E-state index is 13.2. The number of aromatic nitrogens is 2. The number of carbonyl (C=O) groups excluding carboxylic acids is 1. The molecule has 5 aromatic rings. The van der Waals surface area contributed by atoms with Crippen molar-refractivity contribution in [2.24, 2.45) is 0 Å². The predicted molar refractivity (Wildman–Crippen MR) is 129 cm³/mol. The minimum absolute atomic E-state index is 0.139. The molecule has 0 aliphatic heterocycles. The summed E-state index contributed by atoms with van der Waals surface area (Å²) in [6.45, 7) is 0.437. The van der Waals surface area contributed by atoms with Crippen LogP contribution >= 0.6 is 11.6 Å². The maximum Gasteiger partial charge on any atom is 0.268 e. The molecule has 1 amide bonds. The Kier molecular flexibility index (Phi) is 5.44. The van der Waals surface area contributed by atoms with Crippen molar-refractivity contribution >= 4 is 28.4 Å². The van der Waals surface area contributed by atoms with E-state index in [4.69, 9.17) is 11.6 Å². The molecule has 0 saturated carbocycles. The van der Waals surface area contributed by atoms with Gasteiger partial charge in [0.2, 0.25) is 0 Å². The van der Waals surface area contributed by atoms with Gasteiger partial charge < -0.3 is 9.88 Å². The first-order valence-electron chi connectivity index (χ1n) is 10.3. The fourth-order valence-corrected chi connectivity index (χ4v) is 4.03. The highest BCUT2D eigenvalue weighted by Crippen LogP contribution is 2.26. The summed E-state index contributed by atoms with van der Waals surface area (Å²) in [6, 6.07) is 29.5. The van der Waals surface area contributed by atoms with Crippen LogP contribution in [0.5, 0.6) is 0 Å². The van der Waals surface area contributed by atoms with Crippen molar-refractivity contribution in [3.8, 4) is 16.8 Å². The SMILES string of the molecule is O=C(NCc1ccc(-c2ccncc2)cc1)c1cc2ccccc2n1-c1cccc(Cl)c1. The topological polar surface area (TPSA) is 46.9 Å². The number of benzene rings is 3. The molecule has 2 heterocycles. The maximum atomic E-state index is 13.2. The predicted octanol–water partition coefficient (Wildman–Crippen LogP) is 6.28. The molecular weight excluding hydrogens is 418 g/mol. The summed E-state index contributed by atoms with van der Waals surface area (Å²) >= 11 is 6.23. The molecule has 5 rings (SSSR count). The largest absolute Gasteiger partial charge is 0.347 e. The average Bonchev–Trinajstić information content (AvgIpc) is 3.23. The van der Waals surface area contributed by atoms with Crippen molar-refractivity contribution in [3.05, 3.63) is 120 Å². The minimum Gasteiger partial charge on any atom is -0.347 e. The zero-order chi connectivity index (χ0) is 21.9. The van der Waals surface area contributed by atoms with E-state index >= 15 is 0 Å². The van der Waals surface area contributed by atoms with E-state index in [1.54, 1.807) is 12.4 Å². The van der Waals surface area contributed by atoms with Crippen LogP contribution in [0.15, 0.2) is 103 Å². The number of fused-ring (bicyclic) bond motifs is 1. The first-order chi connectivity index (χ1) is 15.7. The van der Waals surface area contributed by atoms with Crippen LogP contribution in [0.2, 0.25) is 5.02 Å². The van der Waals surface area contributed by atoms with Crippen LogP contribution in [0.3, 0.4) is 0 Å². The summed E-state index contributed by atoms with van der Waals surface area (Å²) < 4.78 is 1.95. The molecular formula is C27H20ClN3O. The molecule has 0 fully saturated rings.